The van der Waals surface area contributed by atoms with Crippen LogP contribution in [0.25, 0.3) is 0 Å². The van der Waals surface area contributed by atoms with Crippen molar-refractivity contribution < 1.29 is 18.8 Å². The van der Waals surface area contributed by atoms with Gasteiger partial charge < -0.3 is 14.0 Å². The van der Waals surface area contributed by atoms with Gasteiger partial charge in [0.05, 0.1) is 23.5 Å². The molecule has 24 heavy (non-hydrogen) atoms. The average Bonchev–Trinajstić information content (AvgIpc) is 2.74. The molecule has 130 valence electrons. The quantitative estimate of drug-likeness (QED) is 0.382. The summed E-state index contributed by atoms with van der Waals surface area (Å²) in [6.45, 7) is 9.98. The summed E-state index contributed by atoms with van der Waals surface area (Å²) >= 11 is 5.73. The third-order valence-corrected chi connectivity index (χ3v) is 4.40. The zero-order chi connectivity index (χ0) is 18.0. The lowest BCUT2D eigenvalue weighted by Crippen LogP contribution is -2.41. The maximum atomic E-state index is 11.4. The van der Waals surface area contributed by atoms with Crippen LogP contribution in [0.1, 0.15) is 34.6 Å². The minimum Gasteiger partial charge on any atom is -0.461 e. The molecular weight excluding hydrogens is 330 g/mol. The second-order valence-electron chi connectivity index (χ2n) is 6.45. The molecule has 1 aliphatic heterocycles. The number of carbonyl (C=O) groups excluding carboxylic acids is 1. The monoisotopic (exact) mass is 352 g/mol. The zero-order valence-corrected chi connectivity index (χ0v) is 15.3. The van der Waals surface area contributed by atoms with E-state index in [2.05, 4.69) is 10.5 Å². The molecular formula is C16H22BClN2O4. The largest absolute Gasteiger partial charge is 0.494 e. The van der Waals surface area contributed by atoms with Gasteiger partial charge >= 0.3 is 13.1 Å². The number of anilines is 1. The number of carbonyl (C=O) groups is 1. The highest BCUT2D eigenvalue weighted by Crippen LogP contribution is 2.36. The highest BCUT2D eigenvalue weighted by atomic mass is 35.5. The molecule has 1 heterocycles. The molecule has 1 fully saturated rings. The van der Waals surface area contributed by atoms with Crippen LogP contribution in [-0.2, 0) is 18.8 Å². The van der Waals surface area contributed by atoms with Crippen molar-refractivity contribution in [1.29, 1.82) is 0 Å². The molecule has 0 atom stereocenters. The van der Waals surface area contributed by atoms with E-state index < -0.39 is 13.1 Å². The van der Waals surface area contributed by atoms with Crippen LogP contribution in [0.2, 0.25) is 0 Å². The molecule has 8 heteroatoms. The van der Waals surface area contributed by atoms with E-state index in [1.54, 1.807) is 19.1 Å². The van der Waals surface area contributed by atoms with E-state index in [0.29, 0.717) is 5.69 Å². The molecule has 0 spiro atoms. The van der Waals surface area contributed by atoms with Crippen LogP contribution in [0, 0.1) is 0 Å². The number of benzene rings is 1. The normalized spacial score (nSPS) is 19.2. The fourth-order valence-corrected chi connectivity index (χ4v) is 2.14. The lowest BCUT2D eigenvalue weighted by atomic mass is 9.79. The molecule has 0 bridgehead atoms. The minimum atomic E-state index is -0.666. The van der Waals surface area contributed by atoms with Crippen molar-refractivity contribution in [3.8, 4) is 0 Å². The number of nitrogens with zero attached hydrogens (tertiary/aromatic N) is 1. The molecule has 6 nitrogen and oxygen atoms in total. The topological polar surface area (TPSA) is 69.2 Å². The first-order valence-electron chi connectivity index (χ1n) is 7.78. The molecule has 0 unspecified atom stereocenters. The number of hydrogen-bond donors (Lipinski definition) is 1. The summed E-state index contributed by atoms with van der Waals surface area (Å²) in [6.07, 6.45) is 0. The highest BCUT2D eigenvalue weighted by Gasteiger charge is 2.51. The van der Waals surface area contributed by atoms with E-state index >= 15 is 0 Å². The zero-order valence-electron chi connectivity index (χ0n) is 14.6. The van der Waals surface area contributed by atoms with Crippen LogP contribution >= 0.6 is 11.6 Å². The Labute approximate surface area is 147 Å². The van der Waals surface area contributed by atoms with Crippen molar-refractivity contribution in [1.82, 2.24) is 0 Å². The van der Waals surface area contributed by atoms with E-state index in [9.17, 15) is 4.79 Å². The van der Waals surface area contributed by atoms with E-state index in [0.717, 1.165) is 5.46 Å². The summed E-state index contributed by atoms with van der Waals surface area (Å²) in [4.78, 5) is 11.4. The number of hydrazone groups is 1. The van der Waals surface area contributed by atoms with Crippen molar-refractivity contribution >= 4 is 41.0 Å². The van der Waals surface area contributed by atoms with Gasteiger partial charge in [-0.2, -0.15) is 5.10 Å². The lowest BCUT2D eigenvalue weighted by molar-refractivity contribution is -0.134. The molecule has 1 aromatic rings. The molecule has 1 aromatic carbocycles. The Hall–Kier alpha value is -1.57. The third-order valence-electron chi connectivity index (χ3n) is 4.16. The van der Waals surface area contributed by atoms with Gasteiger partial charge in [0.25, 0.3) is 0 Å². The van der Waals surface area contributed by atoms with Crippen LogP contribution < -0.4 is 10.9 Å². The number of nitrogens with one attached hydrogen (secondary N) is 1. The van der Waals surface area contributed by atoms with Gasteiger partial charge in [0.15, 0.2) is 0 Å². The number of esters is 1. The van der Waals surface area contributed by atoms with Gasteiger partial charge in [-0.05, 0) is 52.2 Å². The number of rotatable bonds is 5. The van der Waals surface area contributed by atoms with Crippen LogP contribution in [0.15, 0.2) is 29.4 Å². The van der Waals surface area contributed by atoms with Gasteiger partial charge in [-0.15, -0.1) is 0 Å². The molecule has 1 saturated heterocycles. The van der Waals surface area contributed by atoms with Crippen molar-refractivity contribution in [2.75, 3.05) is 12.0 Å². The minimum absolute atomic E-state index is 0.243. The summed E-state index contributed by atoms with van der Waals surface area (Å²) in [6, 6.07) is 7.36. The Balaban J connectivity index is 2.02. The second kappa shape index (κ2) is 7.13. The Morgan fingerprint density at radius 2 is 1.75 bits per heavy atom. The van der Waals surface area contributed by atoms with Crippen molar-refractivity contribution in [2.24, 2.45) is 5.10 Å². The van der Waals surface area contributed by atoms with Gasteiger partial charge in [-0.3, -0.25) is 5.43 Å². The van der Waals surface area contributed by atoms with E-state index in [4.69, 9.17) is 25.6 Å². The van der Waals surface area contributed by atoms with Crippen molar-refractivity contribution in [3.63, 3.8) is 0 Å². The molecule has 1 aliphatic rings. The lowest BCUT2D eigenvalue weighted by Gasteiger charge is -2.32. The fourth-order valence-electron chi connectivity index (χ4n) is 2.04. The van der Waals surface area contributed by atoms with E-state index in [-0.39, 0.29) is 23.0 Å². The number of hydrogen-bond acceptors (Lipinski definition) is 6. The molecule has 1 N–H and O–H groups in total. The summed E-state index contributed by atoms with van der Waals surface area (Å²) in [5.41, 5.74) is 3.52. The van der Waals surface area contributed by atoms with Gasteiger partial charge in [-0.25, -0.2) is 4.79 Å². The first kappa shape index (κ1) is 18.8. The summed E-state index contributed by atoms with van der Waals surface area (Å²) < 4.78 is 16.7. The first-order valence-corrected chi connectivity index (χ1v) is 8.16. The molecule has 0 radical (unpaired) electrons. The SMILES string of the molecule is CCOC(=O)/C(Cl)=N/Nc1ccc(B2OC(C)(C)C(C)(C)O2)cc1. The van der Waals surface area contributed by atoms with Gasteiger partial charge in [-0.1, -0.05) is 23.7 Å². The van der Waals surface area contributed by atoms with Gasteiger partial charge in [0.1, 0.15) is 0 Å². The number of ether oxygens (including phenoxy) is 1. The smallest absolute Gasteiger partial charge is 0.461 e. The van der Waals surface area contributed by atoms with Crippen LogP contribution in [0.4, 0.5) is 5.69 Å². The average molecular weight is 353 g/mol. The predicted molar refractivity (Wildman–Crippen MR) is 95.7 cm³/mol. The highest BCUT2D eigenvalue weighted by molar-refractivity contribution is 6.82. The molecule has 0 aliphatic carbocycles. The maximum absolute atomic E-state index is 11.4. The fraction of sp³-hybridized carbons (Fsp3) is 0.500. The van der Waals surface area contributed by atoms with E-state index in [1.165, 1.54) is 0 Å². The number of halogens is 1. The molecule has 0 amide bonds. The standard InChI is InChI=1S/C16H22BClN2O4/c1-6-22-14(21)13(18)20-19-12-9-7-11(8-10-12)17-23-15(2,3)16(4,5)24-17/h7-10,19H,6H2,1-5H3/b20-13-. The van der Waals surface area contributed by atoms with E-state index in [1.807, 2.05) is 39.8 Å². The molecule has 2 rings (SSSR count). The Bertz CT molecular complexity index is 615. The summed E-state index contributed by atoms with van der Waals surface area (Å²) in [5, 5.41) is 3.52. The maximum Gasteiger partial charge on any atom is 0.494 e. The Kier molecular flexibility index (Phi) is 5.57. The van der Waals surface area contributed by atoms with Crippen LogP contribution in [0.5, 0.6) is 0 Å². The first-order chi connectivity index (χ1) is 11.2. The van der Waals surface area contributed by atoms with Gasteiger partial charge in [0.2, 0.25) is 5.17 Å². The van der Waals surface area contributed by atoms with Crippen LogP contribution in [-0.4, -0.2) is 36.1 Å². The predicted octanol–water partition coefficient (Wildman–Crippen LogP) is 2.51. The van der Waals surface area contributed by atoms with Crippen LogP contribution in [0.3, 0.4) is 0 Å². The third kappa shape index (κ3) is 4.09. The van der Waals surface area contributed by atoms with Crippen molar-refractivity contribution in [2.45, 2.75) is 45.8 Å². The summed E-state index contributed by atoms with van der Waals surface area (Å²) in [5.74, 6) is -0.666. The second-order valence-corrected chi connectivity index (χ2v) is 6.80. The molecule has 0 saturated carbocycles. The Morgan fingerprint density at radius 1 is 1.21 bits per heavy atom. The van der Waals surface area contributed by atoms with Gasteiger partial charge in [0, 0.05) is 0 Å². The Morgan fingerprint density at radius 3 is 2.25 bits per heavy atom. The van der Waals surface area contributed by atoms with Crippen molar-refractivity contribution in [3.05, 3.63) is 24.3 Å². The molecule has 0 aromatic heterocycles. The summed E-state index contributed by atoms with van der Waals surface area (Å²) in [7, 11) is -0.421.